The van der Waals surface area contributed by atoms with Gasteiger partial charge < -0.3 is 5.73 Å². The molecule has 0 fully saturated rings. The van der Waals surface area contributed by atoms with E-state index in [1.54, 1.807) is 12.1 Å². The molecule has 3 heteroatoms. The Bertz CT molecular complexity index is 570. The fourth-order valence-electron chi connectivity index (χ4n) is 2.25. The van der Waals surface area contributed by atoms with Crippen LogP contribution in [-0.2, 0) is 6.54 Å². The second-order valence-electron chi connectivity index (χ2n) is 4.42. The Labute approximate surface area is 111 Å². The highest BCUT2D eigenvalue weighted by atomic mass is 35.5. The summed E-state index contributed by atoms with van der Waals surface area (Å²) in [5.41, 5.74) is 10.5. The van der Waals surface area contributed by atoms with E-state index in [-0.39, 0.29) is 5.82 Å². The molecule has 0 saturated carbocycles. The summed E-state index contributed by atoms with van der Waals surface area (Å²) in [6.07, 6.45) is 0. The Hall–Kier alpha value is -1.38. The van der Waals surface area contributed by atoms with Crippen LogP contribution in [0, 0.1) is 19.7 Å². The monoisotopic (exact) mass is 263 g/mol. The average molecular weight is 264 g/mol. The fraction of sp³-hybridized carbons (Fsp3) is 0.200. The normalized spacial score (nSPS) is 10.7. The van der Waals surface area contributed by atoms with Gasteiger partial charge in [-0.3, -0.25) is 0 Å². The van der Waals surface area contributed by atoms with Crippen molar-refractivity contribution in [2.75, 3.05) is 0 Å². The van der Waals surface area contributed by atoms with Gasteiger partial charge >= 0.3 is 0 Å². The first-order valence-electron chi connectivity index (χ1n) is 5.78. The molecule has 0 heterocycles. The molecule has 0 unspecified atom stereocenters. The maximum atomic E-state index is 13.3. The van der Waals surface area contributed by atoms with E-state index in [4.69, 9.17) is 17.3 Å². The molecule has 18 heavy (non-hydrogen) atoms. The number of benzene rings is 2. The standard InChI is InChI=1S/C15H15ClFN/c1-9-5-13(17)6-10(2)15(9)11-3-4-14(16)12(7-11)8-18/h3-7H,8,18H2,1-2H3. The van der Waals surface area contributed by atoms with Gasteiger partial charge in [0, 0.05) is 11.6 Å². The van der Waals surface area contributed by atoms with Crippen molar-refractivity contribution in [1.82, 2.24) is 0 Å². The molecule has 0 aliphatic rings. The Balaban J connectivity index is 2.62. The molecule has 0 bridgehead atoms. The summed E-state index contributed by atoms with van der Waals surface area (Å²) in [4.78, 5) is 0. The Morgan fingerprint density at radius 3 is 2.28 bits per heavy atom. The van der Waals surface area contributed by atoms with Crippen molar-refractivity contribution in [3.05, 3.63) is 57.9 Å². The fourth-order valence-corrected chi connectivity index (χ4v) is 2.45. The summed E-state index contributed by atoms with van der Waals surface area (Å²) in [5.74, 6) is -0.207. The van der Waals surface area contributed by atoms with Crippen LogP contribution >= 0.6 is 11.6 Å². The number of aryl methyl sites for hydroxylation is 2. The van der Waals surface area contributed by atoms with Crippen molar-refractivity contribution in [3.8, 4) is 11.1 Å². The second-order valence-corrected chi connectivity index (χ2v) is 4.83. The summed E-state index contributed by atoms with van der Waals surface area (Å²) in [7, 11) is 0. The van der Waals surface area contributed by atoms with Crippen LogP contribution in [0.5, 0.6) is 0 Å². The zero-order valence-corrected chi connectivity index (χ0v) is 11.2. The SMILES string of the molecule is Cc1cc(F)cc(C)c1-c1ccc(Cl)c(CN)c1. The van der Waals surface area contributed by atoms with E-state index in [1.165, 1.54) is 0 Å². The zero-order chi connectivity index (χ0) is 13.3. The largest absolute Gasteiger partial charge is 0.326 e. The third-order valence-corrected chi connectivity index (χ3v) is 3.42. The molecule has 2 rings (SSSR count). The quantitative estimate of drug-likeness (QED) is 0.862. The van der Waals surface area contributed by atoms with Crippen LogP contribution in [0.15, 0.2) is 30.3 Å². The molecule has 0 aromatic heterocycles. The van der Waals surface area contributed by atoms with E-state index in [0.717, 1.165) is 27.8 Å². The van der Waals surface area contributed by atoms with Gasteiger partial charge in [0.1, 0.15) is 5.82 Å². The van der Waals surface area contributed by atoms with Gasteiger partial charge in [-0.05, 0) is 65.9 Å². The minimum Gasteiger partial charge on any atom is -0.326 e. The van der Waals surface area contributed by atoms with Gasteiger partial charge in [-0.1, -0.05) is 17.7 Å². The molecule has 2 aromatic carbocycles. The van der Waals surface area contributed by atoms with E-state index >= 15 is 0 Å². The van der Waals surface area contributed by atoms with Crippen molar-refractivity contribution >= 4 is 11.6 Å². The number of nitrogens with two attached hydrogens (primary N) is 1. The van der Waals surface area contributed by atoms with Gasteiger partial charge in [-0.25, -0.2) is 4.39 Å². The molecule has 0 saturated heterocycles. The third-order valence-electron chi connectivity index (χ3n) is 3.05. The molecule has 0 radical (unpaired) electrons. The van der Waals surface area contributed by atoms with E-state index < -0.39 is 0 Å². The van der Waals surface area contributed by atoms with E-state index in [0.29, 0.717) is 11.6 Å². The maximum Gasteiger partial charge on any atom is 0.123 e. The lowest BCUT2D eigenvalue weighted by atomic mass is 9.94. The van der Waals surface area contributed by atoms with E-state index in [2.05, 4.69) is 0 Å². The van der Waals surface area contributed by atoms with Crippen LogP contribution in [0.1, 0.15) is 16.7 Å². The lowest BCUT2D eigenvalue weighted by molar-refractivity contribution is 0.625. The number of halogens is 2. The molecule has 0 atom stereocenters. The summed E-state index contributed by atoms with van der Waals surface area (Å²) in [5, 5.41) is 0.665. The van der Waals surface area contributed by atoms with Crippen molar-refractivity contribution in [2.45, 2.75) is 20.4 Å². The van der Waals surface area contributed by atoms with Crippen LogP contribution in [0.25, 0.3) is 11.1 Å². The molecule has 1 nitrogen and oxygen atoms in total. The number of hydrogen-bond acceptors (Lipinski definition) is 1. The molecular formula is C15H15ClFN. The highest BCUT2D eigenvalue weighted by Gasteiger charge is 2.09. The summed E-state index contributed by atoms with van der Waals surface area (Å²) in [6, 6.07) is 8.82. The third kappa shape index (κ3) is 2.40. The van der Waals surface area contributed by atoms with Gasteiger partial charge in [0.05, 0.1) is 0 Å². The van der Waals surface area contributed by atoms with Gasteiger partial charge in [0.25, 0.3) is 0 Å². The Morgan fingerprint density at radius 1 is 1.11 bits per heavy atom. The number of hydrogen-bond donors (Lipinski definition) is 1. The molecule has 0 aliphatic heterocycles. The zero-order valence-electron chi connectivity index (χ0n) is 10.4. The lowest BCUT2D eigenvalue weighted by Crippen LogP contribution is -1.98. The van der Waals surface area contributed by atoms with Crippen molar-refractivity contribution in [1.29, 1.82) is 0 Å². The van der Waals surface area contributed by atoms with E-state index in [9.17, 15) is 4.39 Å². The molecule has 0 spiro atoms. The van der Waals surface area contributed by atoms with Crippen molar-refractivity contribution < 1.29 is 4.39 Å². The number of rotatable bonds is 2. The molecular weight excluding hydrogens is 249 g/mol. The summed E-state index contributed by atoms with van der Waals surface area (Å²) < 4.78 is 13.3. The average Bonchev–Trinajstić information content (AvgIpc) is 2.30. The first-order valence-corrected chi connectivity index (χ1v) is 6.16. The lowest BCUT2D eigenvalue weighted by Gasteiger charge is -2.12. The first kappa shape index (κ1) is 13.1. The molecule has 2 aromatic rings. The smallest absolute Gasteiger partial charge is 0.123 e. The predicted molar refractivity (Wildman–Crippen MR) is 74.2 cm³/mol. The highest BCUT2D eigenvalue weighted by Crippen LogP contribution is 2.30. The van der Waals surface area contributed by atoms with E-state index in [1.807, 2.05) is 32.0 Å². The van der Waals surface area contributed by atoms with Crippen LogP contribution in [0.2, 0.25) is 5.02 Å². The first-order chi connectivity index (χ1) is 8.52. The highest BCUT2D eigenvalue weighted by molar-refractivity contribution is 6.31. The Kier molecular flexibility index (Phi) is 3.69. The van der Waals surface area contributed by atoms with Gasteiger partial charge in [0.2, 0.25) is 0 Å². The predicted octanol–water partition coefficient (Wildman–Crippen LogP) is 4.22. The second kappa shape index (κ2) is 5.09. The summed E-state index contributed by atoms with van der Waals surface area (Å²) >= 11 is 6.05. The molecule has 0 aliphatic carbocycles. The van der Waals surface area contributed by atoms with Crippen LogP contribution in [0.3, 0.4) is 0 Å². The molecule has 94 valence electrons. The van der Waals surface area contributed by atoms with Crippen LogP contribution in [-0.4, -0.2) is 0 Å². The van der Waals surface area contributed by atoms with Crippen molar-refractivity contribution in [3.63, 3.8) is 0 Å². The van der Waals surface area contributed by atoms with Gasteiger partial charge in [0.15, 0.2) is 0 Å². The van der Waals surface area contributed by atoms with Crippen LogP contribution in [0.4, 0.5) is 4.39 Å². The minimum absolute atomic E-state index is 0.207. The van der Waals surface area contributed by atoms with Gasteiger partial charge in [-0.2, -0.15) is 0 Å². The van der Waals surface area contributed by atoms with Gasteiger partial charge in [-0.15, -0.1) is 0 Å². The molecule has 0 amide bonds. The topological polar surface area (TPSA) is 26.0 Å². The summed E-state index contributed by atoms with van der Waals surface area (Å²) in [6.45, 7) is 4.20. The maximum absolute atomic E-state index is 13.3. The van der Waals surface area contributed by atoms with Crippen LogP contribution < -0.4 is 5.73 Å². The minimum atomic E-state index is -0.207. The van der Waals surface area contributed by atoms with Crippen molar-refractivity contribution in [2.24, 2.45) is 5.73 Å². The Morgan fingerprint density at radius 2 is 1.72 bits per heavy atom. The molecule has 2 N–H and O–H groups in total.